The molecule has 1 aliphatic heterocycles. The van der Waals surface area contributed by atoms with Crippen molar-refractivity contribution in [3.05, 3.63) is 89.1 Å². The van der Waals surface area contributed by atoms with E-state index in [4.69, 9.17) is 29.1 Å². The van der Waals surface area contributed by atoms with E-state index in [-0.39, 0.29) is 57.7 Å². The van der Waals surface area contributed by atoms with Gasteiger partial charge in [0.05, 0.1) is 40.7 Å². The minimum atomic E-state index is -3.30. The van der Waals surface area contributed by atoms with E-state index >= 15 is 0 Å². The van der Waals surface area contributed by atoms with Crippen molar-refractivity contribution in [3.8, 4) is 28.7 Å². The molecule has 1 aliphatic carbocycles. The number of benzene rings is 3. The van der Waals surface area contributed by atoms with Crippen molar-refractivity contribution in [2.24, 2.45) is 5.92 Å². The van der Waals surface area contributed by atoms with Gasteiger partial charge in [-0.05, 0) is 54.8 Å². The van der Waals surface area contributed by atoms with Crippen molar-refractivity contribution in [3.63, 3.8) is 0 Å². The fourth-order valence-corrected chi connectivity index (χ4v) is 6.71. The zero-order valence-electron chi connectivity index (χ0n) is 30.7. The van der Waals surface area contributed by atoms with Crippen LogP contribution in [0.5, 0.6) is 28.7 Å². The van der Waals surface area contributed by atoms with Crippen LogP contribution in [-0.2, 0) is 34.5 Å². The number of piperazine rings is 1. The molecule has 15 heteroatoms. The molecule has 284 valence electrons. The summed E-state index contributed by atoms with van der Waals surface area (Å²) in [7, 11) is 3.06. The van der Waals surface area contributed by atoms with Gasteiger partial charge in [-0.2, -0.15) is 4.31 Å². The average Bonchev–Trinajstić information content (AvgIpc) is 4.02. The lowest BCUT2D eigenvalue weighted by Crippen LogP contribution is -2.51. The van der Waals surface area contributed by atoms with E-state index in [1.165, 1.54) is 9.21 Å². The Morgan fingerprint density at radius 2 is 1.57 bits per heavy atom. The minimum Gasteiger partial charge on any atom is -0.497 e. The van der Waals surface area contributed by atoms with Gasteiger partial charge in [0.15, 0.2) is 11.5 Å². The molecule has 0 unspecified atom stereocenters. The molecule has 2 aliphatic rings. The van der Waals surface area contributed by atoms with E-state index in [0.717, 1.165) is 30.2 Å². The molecule has 0 bridgehead atoms. The number of hydrogen-bond acceptors (Lipinski definition) is 11. The summed E-state index contributed by atoms with van der Waals surface area (Å²) in [5.41, 5.74) is 3.02. The fourth-order valence-electron chi connectivity index (χ4n) is 5.89. The smallest absolute Gasteiger partial charge is 0.415 e. The molecule has 2 amide bonds. The van der Waals surface area contributed by atoms with Crippen LogP contribution in [0, 0.1) is 11.3 Å². The zero-order chi connectivity index (χ0) is 38.1. The van der Waals surface area contributed by atoms with Crippen molar-refractivity contribution in [1.29, 1.82) is 5.41 Å². The SMILES string of the molecule is CN/C(=C\C(=N)C1CC1)C(=O)N(Cc1ccc(OC)cc1OC)Cc1cccc(OCc2ccc(OC(=O)N3CCN(S(C)(=O)=O)CC3)cc2)c1OC. The van der Waals surface area contributed by atoms with E-state index in [9.17, 15) is 18.0 Å². The second kappa shape index (κ2) is 17.5. The molecule has 14 nitrogen and oxygen atoms in total. The Bertz CT molecular complexity index is 1920. The number of amides is 2. The zero-order valence-corrected chi connectivity index (χ0v) is 31.5. The van der Waals surface area contributed by atoms with Gasteiger partial charge >= 0.3 is 6.09 Å². The molecule has 1 saturated carbocycles. The van der Waals surface area contributed by atoms with Gasteiger partial charge in [-0.25, -0.2) is 13.2 Å². The van der Waals surface area contributed by atoms with Gasteiger partial charge < -0.3 is 44.2 Å². The minimum absolute atomic E-state index is 0.160. The number of carbonyl (C=O) groups is 2. The molecule has 5 rings (SSSR count). The molecule has 1 heterocycles. The maximum atomic E-state index is 14.1. The van der Waals surface area contributed by atoms with Crippen LogP contribution in [0.25, 0.3) is 0 Å². The van der Waals surface area contributed by atoms with Crippen LogP contribution in [-0.4, -0.2) is 101 Å². The maximum absolute atomic E-state index is 14.1. The summed E-state index contributed by atoms with van der Waals surface area (Å²) in [6.07, 6.45) is 4.12. The molecule has 0 spiro atoms. The van der Waals surface area contributed by atoms with Crippen LogP contribution in [0.15, 0.2) is 72.4 Å². The number of hydrogen-bond donors (Lipinski definition) is 2. The number of ether oxygens (including phenoxy) is 5. The Labute approximate surface area is 310 Å². The molecular formula is C38H47N5O9S. The van der Waals surface area contributed by atoms with Crippen LogP contribution in [0.1, 0.15) is 29.5 Å². The number of methoxy groups -OCH3 is 3. The Hall–Kier alpha value is -5.28. The van der Waals surface area contributed by atoms with Gasteiger partial charge in [0.25, 0.3) is 5.91 Å². The molecule has 0 atom stereocenters. The third-order valence-corrected chi connectivity index (χ3v) is 10.4. The molecule has 1 saturated heterocycles. The summed E-state index contributed by atoms with van der Waals surface area (Å²) in [5.74, 6) is 2.38. The lowest BCUT2D eigenvalue weighted by molar-refractivity contribution is -0.128. The van der Waals surface area contributed by atoms with E-state index in [1.807, 2.05) is 24.3 Å². The molecular weight excluding hydrogens is 703 g/mol. The highest BCUT2D eigenvalue weighted by Crippen LogP contribution is 2.35. The number of carbonyl (C=O) groups excluding carboxylic acids is 2. The lowest BCUT2D eigenvalue weighted by Gasteiger charge is -2.32. The van der Waals surface area contributed by atoms with Crippen LogP contribution in [0.3, 0.4) is 0 Å². The van der Waals surface area contributed by atoms with Crippen LogP contribution >= 0.6 is 0 Å². The fraction of sp³-hybridized carbons (Fsp3) is 0.395. The summed E-state index contributed by atoms with van der Waals surface area (Å²) in [6.45, 7) is 1.49. The summed E-state index contributed by atoms with van der Waals surface area (Å²) >= 11 is 0. The molecule has 53 heavy (non-hydrogen) atoms. The van der Waals surface area contributed by atoms with Crippen molar-refractivity contribution in [2.45, 2.75) is 32.5 Å². The number of para-hydroxylation sites is 1. The van der Waals surface area contributed by atoms with Crippen molar-refractivity contribution < 1.29 is 41.7 Å². The van der Waals surface area contributed by atoms with Crippen LogP contribution < -0.4 is 29.0 Å². The van der Waals surface area contributed by atoms with Gasteiger partial charge in [0.1, 0.15) is 29.6 Å². The van der Waals surface area contributed by atoms with E-state index in [2.05, 4.69) is 5.32 Å². The predicted molar refractivity (Wildman–Crippen MR) is 199 cm³/mol. The van der Waals surface area contributed by atoms with Gasteiger partial charge in [-0.1, -0.05) is 24.3 Å². The van der Waals surface area contributed by atoms with Gasteiger partial charge in [-0.3, -0.25) is 4.79 Å². The molecule has 2 fully saturated rings. The lowest BCUT2D eigenvalue weighted by atomic mass is 10.1. The molecule has 2 N–H and O–H groups in total. The first kappa shape index (κ1) is 38.9. The van der Waals surface area contributed by atoms with Gasteiger partial charge in [0.2, 0.25) is 10.0 Å². The molecule has 3 aromatic rings. The highest BCUT2D eigenvalue weighted by Gasteiger charge is 2.29. The first-order valence-electron chi connectivity index (χ1n) is 17.2. The summed E-state index contributed by atoms with van der Waals surface area (Å²) in [4.78, 5) is 29.9. The Balaban J connectivity index is 1.29. The summed E-state index contributed by atoms with van der Waals surface area (Å²) < 4.78 is 53.5. The normalized spacial score (nSPS) is 15.0. The topological polar surface area (TPSA) is 160 Å². The monoisotopic (exact) mass is 749 g/mol. The van der Waals surface area contributed by atoms with Crippen molar-refractivity contribution in [1.82, 2.24) is 19.4 Å². The number of likely N-dealkylation sites (N-methyl/N-ethyl adjacent to an activating group) is 1. The Morgan fingerprint density at radius 3 is 2.17 bits per heavy atom. The van der Waals surface area contributed by atoms with E-state index < -0.39 is 16.1 Å². The summed E-state index contributed by atoms with van der Waals surface area (Å²) in [5, 5.41) is 11.4. The first-order chi connectivity index (χ1) is 25.4. The summed E-state index contributed by atoms with van der Waals surface area (Å²) in [6, 6.07) is 17.8. The van der Waals surface area contributed by atoms with E-state index in [0.29, 0.717) is 45.7 Å². The number of nitrogens with one attached hydrogen (secondary N) is 2. The number of rotatable bonds is 16. The third kappa shape index (κ3) is 10.2. The number of sulfonamides is 1. The number of nitrogens with zero attached hydrogens (tertiary/aromatic N) is 3. The van der Waals surface area contributed by atoms with Crippen LogP contribution in [0.4, 0.5) is 4.79 Å². The maximum Gasteiger partial charge on any atom is 0.415 e. The van der Waals surface area contributed by atoms with Crippen molar-refractivity contribution in [2.75, 3.05) is 60.8 Å². The number of allylic oxidation sites excluding steroid dienone is 1. The standard InChI is InChI=1S/C38H47N5O9S/c1-40-33(22-32(39)27-11-12-27)37(44)42(23-28-13-16-31(48-2)21-35(28)49-3)24-29-7-6-8-34(36(29)50-4)51-25-26-9-14-30(15-10-26)52-38(45)41-17-19-43(20-18-41)53(5,46)47/h6-10,13-16,21-22,27,39-40H,11-12,17-20,23-25H2,1-5H3/b33-22-,39-32?. The highest BCUT2D eigenvalue weighted by atomic mass is 32.2. The third-order valence-electron chi connectivity index (χ3n) is 9.07. The van der Waals surface area contributed by atoms with Gasteiger partial charge in [0, 0.05) is 62.0 Å². The second-order valence-electron chi connectivity index (χ2n) is 12.8. The Morgan fingerprint density at radius 1 is 0.887 bits per heavy atom. The Kier molecular flexibility index (Phi) is 12.9. The molecule has 0 radical (unpaired) electrons. The largest absolute Gasteiger partial charge is 0.497 e. The predicted octanol–water partition coefficient (Wildman–Crippen LogP) is 4.43. The molecule has 0 aromatic heterocycles. The van der Waals surface area contributed by atoms with E-state index in [1.54, 1.807) is 75.8 Å². The first-order valence-corrected chi connectivity index (χ1v) is 19.1. The quantitative estimate of drug-likeness (QED) is 0.159. The average molecular weight is 750 g/mol. The molecule has 3 aromatic carbocycles. The highest BCUT2D eigenvalue weighted by molar-refractivity contribution is 7.88. The van der Waals surface area contributed by atoms with Gasteiger partial charge in [-0.15, -0.1) is 0 Å². The van der Waals surface area contributed by atoms with Crippen LogP contribution in [0.2, 0.25) is 0 Å². The second-order valence-corrected chi connectivity index (χ2v) is 14.8. The van der Waals surface area contributed by atoms with Crippen molar-refractivity contribution >= 4 is 27.7 Å².